The van der Waals surface area contributed by atoms with Crippen molar-refractivity contribution in [3.8, 4) is 17.2 Å². The lowest BCUT2D eigenvalue weighted by atomic mass is 9.93. The fraction of sp³-hybridized carbons (Fsp3) is 0.700. The van der Waals surface area contributed by atoms with Gasteiger partial charge in [-0.3, -0.25) is 0 Å². The summed E-state index contributed by atoms with van der Waals surface area (Å²) in [5.74, 6) is 2.53. The first-order valence-electron chi connectivity index (χ1n) is 9.88. The van der Waals surface area contributed by atoms with Gasteiger partial charge in [0.25, 0.3) is 0 Å². The van der Waals surface area contributed by atoms with Crippen LogP contribution in [0.5, 0.6) is 17.2 Å². The van der Waals surface area contributed by atoms with Crippen LogP contribution in [0, 0.1) is 5.92 Å². The van der Waals surface area contributed by atoms with Crippen LogP contribution in [0.25, 0.3) is 0 Å². The molecular weight excluding hydrogens is 366 g/mol. The highest BCUT2D eigenvalue weighted by Crippen LogP contribution is 2.38. The van der Waals surface area contributed by atoms with Gasteiger partial charge in [0.05, 0.1) is 26.1 Å². The third kappa shape index (κ3) is 5.51. The summed E-state index contributed by atoms with van der Waals surface area (Å²) in [5, 5.41) is 0. The highest BCUT2D eigenvalue weighted by Gasteiger charge is 2.29. The van der Waals surface area contributed by atoms with E-state index in [4.69, 9.17) is 14.2 Å². The minimum absolute atomic E-state index is 0.0171. The monoisotopic (exact) mass is 397 g/mol. The SMILES string of the molecule is COc1cccc(OC2CCC(NS(=O)(=O)CC3CCCC3)CC2)c1OC. The lowest BCUT2D eigenvalue weighted by molar-refractivity contribution is 0.138. The van der Waals surface area contributed by atoms with Gasteiger partial charge in [-0.25, -0.2) is 13.1 Å². The number of methoxy groups -OCH3 is 2. The van der Waals surface area contributed by atoms with Crippen LogP contribution in [0.3, 0.4) is 0 Å². The van der Waals surface area contributed by atoms with Crippen LogP contribution < -0.4 is 18.9 Å². The molecule has 0 bridgehead atoms. The predicted molar refractivity (Wildman–Crippen MR) is 105 cm³/mol. The molecule has 0 heterocycles. The summed E-state index contributed by atoms with van der Waals surface area (Å²) in [6.07, 6.45) is 7.69. The predicted octanol–water partition coefficient (Wildman–Crippen LogP) is 3.50. The van der Waals surface area contributed by atoms with Gasteiger partial charge in [-0.1, -0.05) is 18.9 Å². The second kappa shape index (κ2) is 9.15. The van der Waals surface area contributed by atoms with Gasteiger partial charge in [-0.05, 0) is 56.6 Å². The summed E-state index contributed by atoms with van der Waals surface area (Å²) in [6, 6.07) is 5.60. The molecule has 0 unspecified atom stereocenters. The van der Waals surface area contributed by atoms with Gasteiger partial charge in [-0.15, -0.1) is 0 Å². The standard InChI is InChI=1S/C20H31NO5S/c1-24-18-8-5-9-19(20(18)25-2)26-17-12-10-16(11-13-17)21-27(22,23)14-15-6-3-4-7-15/h5,8-9,15-17,21H,3-4,6-7,10-14H2,1-2H3. The van der Waals surface area contributed by atoms with Gasteiger partial charge in [0.1, 0.15) is 0 Å². The molecule has 0 aliphatic heterocycles. The second-order valence-corrected chi connectivity index (χ2v) is 9.43. The molecule has 1 aromatic rings. The number of ether oxygens (including phenoxy) is 3. The average molecular weight is 398 g/mol. The highest BCUT2D eigenvalue weighted by atomic mass is 32.2. The van der Waals surface area contributed by atoms with Crippen LogP contribution >= 0.6 is 0 Å². The first kappa shape index (κ1) is 20.3. The molecule has 0 aromatic heterocycles. The maximum absolute atomic E-state index is 12.4. The number of para-hydroxylation sites is 1. The highest BCUT2D eigenvalue weighted by molar-refractivity contribution is 7.89. The van der Waals surface area contributed by atoms with E-state index in [-0.39, 0.29) is 17.9 Å². The van der Waals surface area contributed by atoms with Crippen molar-refractivity contribution in [2.45, 2.75) is 63.5 Å². The Morgan fingerprint density at radius 1 is 0.963 bits per heavy atom. The topological polar surface area (TPSA) is 73.9 Å². The van der Waals surface area contributed by atoms with Crippen molar-refractivity contribution in [1.29, 1.82) is 0 Å². The number of rotatable bonds is 8. The van der Waals surface area contributed by atoms with Crippen LogP contribution in [0.4, 0.5) is 0 Å². The molecule has 0 spiro atoms. The molecule has 0 saturated heterocycles. The van der Waals surface area contributed by atoms with Gasteiger partial charge in [0.2, 0.25) is 15.8 Å². The maximum Gasteiger partial charge on any atom is 0.212 e. The quantitative estimate of drug-likeness (QED) is 0.727. The van der Waals surface area contributed by atoms with Crippen LogP contribution in [0.15, 0.2) is 18.2 Å². The normalized spacial score (nSPS) is 23.9. The molecule has 0 atom stereocenters. The molecule has 6 nitrogen and oxygen atoms in total. The first-order chi connectivity index (χ1) is 13.0. The smallest absolute Gasteiger partial charge is 0.212 e. The van der Waals surface area contributed by atoms with E-state index in [2.05, 4.69) is 4.72 Å². The summed E-state index contributed by atoms with van der Waals surface area (Å²) >= 11 is 0. The van der Waals surface area contributed by atoms with E-state index in [1.807, 2.05) is 18.2 Å². The van der Waals surface area contributed by atoms with E-state index in [1.165, 1.54) is 0 Å². The summed E-state index contributed by atoms with van der Waals surface area (Å²) in [6.45, 7) is 0. The molecule has 1 aromatic carbocycles. The number of benzene rings is 1. The van der Waals surface area contributed by atoms with Crippen molar-refractivity contribution in [3.05, 3.63) is 18.2 Å². The zero-order valence-corrected chi connectivity index (χ0v) is 17.1. The number of nitrogens with one attached hydrogen (secondary N) is 1. The van der Waals surface area contributed by atoms with Gasteiger partial charge >= 0.3 is 0 Å². The average Bonchev–Trinajstić information content (AvgIpc) is 3.15. The fourth-order valence-electron chi connectivity index (χ4n) is 4.22. The molecule has 2 aliphatic rings. The Balaban J connectivity index is 1.50. The first-order valence-corrected chi connectivity index (χ1v) is 11.5. The second-order valence-electron chi connectivity index (χ2n) is 7.63. The molecule has 2 fully saturated rings. The van der Waals surface area contributed by atoms with E-state index in [1.54, 1.807) is 14.2 Å². The molecule has 0 radical (unpaired) electrons. The van der Waals surface area contributed by atoms with E-state index < -0.39 is 10.0 Å². The largest absolute Gasteiger partial charge is 0.493 e. The minimum atomic E-state index is -3.19. The zero-order valence-electron chi connectivity index (χ0n) is 16.3. The molecule has 2 saturated carbocycles. The molecule has 3 rings (SSSR count). The lowest BCUT2D eigenvalue weighted by Gasteiger charge is -2.30. The van der Waals surface area contributed by atoms with E-state index in [0.717, 1.165) is 51.4 Å². The fourth-order valence-corrected chi connectivity index (χ4v) is 6.01. The molecule has 0 amide bonds. The Kier molecular flexibility index (Phi) is 6.87. The number of hydrogen-bond acceptors (Lipinski definition) is 5. The van der Waals surface area contributed by atoms with E-state index in [0.29, 0.717) is 23.2 Å². The third-order valence-electron chi connectivity index (χ3n) is 5.61. The van der Waals surface area contributed by atoms with Crippen molar-refractivity contribution >= 4 is 10.0 Å². The minimum Gasteiger partial charge on any atom is -0.493 e. The van der Waals surface area contributed by atoms with Gasteiger partial charge < -0.3 is 14.2 Å². The molecule has 27 heavy (non-hydrogen) atoms. The Labute approximate surface area is 162 Å². The number of hydrogen-bond donors (Lipinski definition) is 1. The van der Waals surface area contributed by atoms with Crippen molar-refractivity contribution < 1.29 is 22.6 Å². The van der Waals surface area contributed by atoms with Crippen molar-refractivity contribution in [3.63, 3.8) is 0 Å². The van der Waals surface area contributed by atoms with Crippen molar-refractivity contribution in [2.75, 3.05) is 20.0 Å². The summed E-state index contributed by atoms with van der Waals surface area (Å²) < 4.78 is 44.6. The Morgan fingerprint density at radius 3 is 2.26 bits per heavy atom. The molecule has 152 valence electrons. The summed E-state index contributed by atoms with van der Waals surface area (Å²) in [7, 11) is 0.0116. The zero-order chi connectivity index (χ0) is 19.3. The number of sulfonamides is 1. The van der Waals surface area contributed by atoms with Crippen molar-refractivity contribution in [2.24, 2.45) is 5.92 Å². The molecule has 7 heteroatoms. The van der Waals surface area contributed by atoms with Gasteiger partial charge in [0, 0.05) is 6.04 Å². The van der Waals surface area contributed by atoms with Crippen molar-refractivity contribution in [1.82, 2.24) is 4.72 Å². The molecular formula is C20H31NO5S. The van der Waals surface area contributed by atoms with Crippen LogP contribution in [0.1, 0.15) is 51.4 Å². The van der Waals surface area contributed by atoms with Gasteiger partial charge in [-0.2, -0.15) is 0 Å². The van der Waals surface area contributed by atoms with Crippen LogP contribution in [-0.2, 0) is 10.0 Å². The Bertz CT molecular complexity index is 707. The van der Waals surface area contributed by atoms with Crippen LogP contribution in [-0.4, -0.2) is 40.5 Å². The lowest BCUT2D eigenvalue weighted by Crippen LogP contribution is -2.41. The van der Waals surface area contributed by atoms with E-state index in [9.17, 15) is 8.42 Å². The molecule has 2 aliphatic carbocycles. The molecule has 1 N–H and O–H groups in total. The summed E-state index contributed by atoms with van der Waals surface area (Å²) in [5.41, 5.74) is 0. The Morgan fingerprint density at radius 2 is 1.63 bits per heavy atom. The third-order valence-corrected chi connectivity index (χ3v) is 7.21. The van der Waals surface area contributed by atoms with Gasteiger partial charge in [0.15, 0.2) is 11.5 Å². The maximum atomic E-state index is 12.4. The van der Waals surface area contributed by atoms with E-state index >= 15 is 0 Å². The Hall–Kier alpha value is -1.47. The summed E-state index contributed by atoms with van der Waals surface area (Å²) in [4.78, 5) is 0. The van der Waals surface area contributed by atoms with Crippen LogP contribution in [0.2, 0.25) is 0 Å².